The van der Waals surface area contributed by atoms with Crippen LogP contribution in [0.2, 0.25) is 0 Å². The number of hydrogen-bond acceptors (Lipinski definition) is 3. The third-order valence-corrected chi connectivity index (χ3v) is 3.56. The van der Waals surface area contributed by atoms with Crippen molar-refractivity contribution in [1.29, 1.82) is 0 Å². The summed E-state index contributed by atoms with van der Waals surface area (Å²) >= 11 is 2.23. The largest absolute Gasteiger partial charge is 0.309 e. The Balaban J connectivity index is 2.39. The third-order valence-electron chi connectivity index (χ3n) is 2.64. The van der Waals surface area contributed by atoms with Gasteiger partial charge in [0.1, 0.15) is 12.2 Å². The first kappa shape index (κ1) is 11.4. The van der Waals surface area contributed by atoms with Crippen LogP contribution in [0.3, 0.4) is 0 Å². The van der Waals surface area contributed by atoms with E-state index in [4.69, 9.17) is 0 Å². The Kier molecular flexibility index (Phi) is 2.66. The summed E-state index contributed by atoms with van der Waals surface area (Å²) in [5, 5.41) is 0. The summed E-state index contributed by atoms with van der Waals surface area (Å²) in [6, 6.07) is 7.82. The molecule has 90 valence electrons. The highest BCUT2D eigenvalue weighted by Crippen LogP contribution is 2.19. The Morgan fingerprint density at radius 2 is 2.11 bits per heavy atom. The number of aromatic amines is 1. The van der Waals surface area contributed by atoms with E-state index >= 15 is 0 Å². The van der Waals surface area contributed by atoms with Gasteiger partial charge in [-0.1, -0.05) is 12.1 Å². The molecule has 6 heteroatoms. The fourth-order valence-corrected chi connectivity index (χ4v) is 2.52. The lowest BCUT2D eigenvalue weighted by Gasteiger charge is -2.05. The summed E-state index contributed by atoms with van der Waals surface area (Å²) in [6.07, 6.45) is 1.63. The molecule has 0 radical (unpaired) electrons. The maximum absolute atomic E-state index is 12.0. The maximum atomic E-state index is 12.0. The first-order valence-electron chi connectivity index (χ1n) is 5.35. The molecular formula is C12H9IN4O. The molecule has 1 aromatic carbocycles. The molecule has 0 fully saturated rings. The molecule has 0 saturated heterocycles. The summed E-state index contributed by atoms with van der Waals surface area (Å²) in [4.78, 5) is 23.1. The first-order valence-corrected chi connectivity index (χ1v) is 6.43. The minimum Gasteiger partial charge on any atom is -0.309 e. The highest BCUT2D eigenvalue weighted by atomic mass is 127. The van der Waals surface area contributed by atoms with Gasteiger partial charge in [0.25, 0.3) is 5.56 Å². The van der Waals surface area contributed by atoms with Crippen LogP contribution in [0.15, 0.2) is 35.4 Å². The lowest BCUT2D eigenvalue weighted by molar-refractivity contribution is 1.03. The van der Waals surface area contributed by atoms with Crippen molar-refractivity contribution in [3.63, 3.8) is 0 Å². The van der Waals surface area contributed by atoms with Crippen LogP contribution in [0.1, 0.15) is 5.82 Å². The molecule has 3 rings (SSSR count). The number of aromatic nitrogens is 4. The molecule has 0 unspecified atom stereocenters. The van der Waals surface area contributed by atoms with Crippen LogP contribution in [0.4, 0.5) is 0 Å². The van der Waals surface area contributed by atoms with Gasteiger partial charge in [0.15, 0.2) is 11.2 Å². The van der Waals surface area contributed by atoms with Gasteiger partial charge < -0.3 is 4.98 Å². The predicted octanol–water partition coefficient (Wildman–Crippen LogP) is 2.02. The summed E-state index contributed by atoms with van der Waals surface area (Å²) in [6.45, 7) is 1.74. The number of nitrogens with one attached hydrogen (secondary N) is 1. The van der Waals surface area contributed by atoms with Crippen molar-refractivity contribution in [2.45, 2.75) is 6.92 Å². The molecule has 2 heterocycles. The van der Waals surface area contributed by atoms with Crippen LogP contribution < -0.4 is 5.56 Å². The van der Waals surface area contributed by atoms with Gasteiger partial charge in [-0.05, 0) is 41.6 Å². The van der Waals surface area contributed by atoms with Crippen molar-refractivity contribution in [3.05, 3.63) is 50.3 Å². The van der Waals surface area contributed by atoms with Crippen LogP contribution in [-0.2, 0) is 0 Å². The van der Waals surface area contributed by atoms with Crippen LogP contribution in [0.5, 0.6) is 0 Å². The number of fused-ring (bicyclic) bond motifs is 1. The number of aryl methyl sites for hydroxylation is 1. The van der Waals surface area contributed by atoms with Gasteiger partial charge in [-0.15, -0.1) is 0 Å². The van der Waals surface area contributed by atoms with Gasteiger partial charge in [0.2, 0.25) is 0 Å². The van der Waals surface area contributed by atoms with Crippen molar-refractivity contribution in [2.75, 3.05) is 0 Å². The van der Waals surface area contributed by atoms with Crippen molar-refractivity contribution in [1.82, 2.24) is 19.5 Å². The zero-order valence-electron chi connectivity index (χ0n) is 9.51. The van der Waals surface area contributed by atoms with Crippen LogP contribution in [0, 0.1) is 10.5 Å². The van der Waals surface area contributed by atoms with Gasteiger partial charge in [-0.2, -0.15) is 0 Å². The van der Waals surface area contributed by atoms with Crippen molar-refractivity contribution in [2.24, 2.45) is 0 Å². The Labute approximate surface area is 116 Å². The summed E-state index contributed by atoms with van der Waals surface area (Å²) in [5.74, 6) is 0.570. The molecule has 0 aliphatic heterocycles. The van der Waals surface area contributed by atoms with Gasteiger partial charge in [-0.25, -0.2) is 9.97 Å². The normalized spacial score (nSPS) is 11.0. The van der Waals surface area contributed by atoms with Crippen molar-refractivity contribution >= 4 is 33.8 Å². The number of benzene rings is 1. The predicted molar refractivity (Wildman–Crippen MR) is 76.9 cm³/mol. The molecule has 0 atom stereocenters. The SMILES string of the molecule is Cc1nc2ncn(-c3ccccc3I)c2c(=O)[nH]1. The third kappa shape index (κ3) is 1.72. The van der Waals surface area contributed by atoms with E-state index in [0.29, 0.717) is 17.0 Å². The van der Waals surface area contributed by atoms with Crippen molar-refractivity contribution in [3.8, 4) is 5.69 Å². The zero-order chi connectivity index (χ0) is 12.7. The second kappa shape index (κ2) is 4.20. The number of H-pyrrole nitrogens is 1. The molecule has 0 aliphatic rings. The fraction of sp³-hybridized carbons (Fsp3) is 0.0833. The molecule has 0 saturated carbocycles. The maximum Gasteiger partial charge on any atom is 0.277 e. The molecule has 2 aromatic heterocycles. The number of rotatable bonds is 1. The van der Waals surface area contributed by atoms with Crippen LogP contribution in [0.25, 0.3) is 16.9 Å². The average Bonchev–Trinajstić information content (AvgIpc) is 2.73. The molecular weight excluding hydrogens is 343 g/mol. The van der Waals surface area contributed by atoms with Crippen LogP contribution >= 0.6 is 22.6 Å². The van der Waals surface area contributed by atoms with Gasteiger partial charge in [0.05, 0.1) is 5.69 Å². The van der Waals surface area contributed by atoms with Gasteiger partial charge in [-0.3, -0.25) is 9.36 Å². The van der Waals surface area contributed by atoms with Crippen molar-refractivity contribution < 1.29 is 0 Å². The molecule has 0 amide bonds. The quantitative estimate of drug-likeness (QED) is 0.682. The summed E-state index contributed by atoms with van der Waals surface area (Å²) in [7, 11) is 0. The Morgan fingerprint density at radius 3 is 2.89 bits per heavy atom. The molecule has 0 bridgehead atoms. The van der Waals surface area contributed by atoms with E-state index in [-0.39, 0.29) is 5.56 Å². The number of halogens is 1. The number of imidazole rings is 1. The lowest BCUT2D eigenvalue weighted by atomic mass is 10.3. The average molecular weight is 352 g/mol. The van der Waals surface area contributed by atoms with E-state index in [0.717, 1.165) is 9.26 Å². The Bertz CT molecular complexity index is 790. The fourth-order valence-electron chi connectivity index (χ4n) is 1.87. The number of para-hydroxylation sites is 1. The second-order valence-electron chi connectivity index (χ2n) is 3.89. The second-order valence-corrected chi connectivity index (χ2v) is 5.05. The minimum atomic E-state index is -0.172. The molecule has 5 nitrogen and oxygen atoms in total. The monoisotopic (exact) mass is 352 g/mol. The highest BCUT2D eigenvalue weighted by Gasteiger charge is 2.11. The van der Waals surface area contributed by atoms with E-state index in [9.17, 15) is 4.79 Å². The van der Waals surface area contributed by atoms with E-state index in [1.807, 2.05) is 24.3 Å². The van der Waals surface area contributed by atoms with E-state index in [1.165, 1.54) is 0 Å². The topological polar surface area (TPSA) is 63.6 Å². The zero-order valence-corrected chi connectivity index (χ0v) is 11.7. The molecule has 0 spiro atoms. The number of hydrogen-bond donors (Lipinski definition) is 1. The smallest absolute Gasteiger partial charge is 0.277 e. The van der Waals surface area contributed by atoms with Gasteiger partial charge in [0, 0.05) is 3.57 Å². The van der Waals surface area contributed by atoms with Crippen LogP contribution in [-0.4, -0.2) is 19.5 Å². The standard InChI is InChI=1S/C12H9IN4O/c1-7-15-11-10(12(18)16-7)17(6-14-11)9-5-3-2-4-8(9)13/h2-6H,1H3,(H,15,16,18). The molecule has 3 aromatic rings. The van der Waals surface area contributed by atoms with E-state index in [2.05, 4.69) is 37.5 Å². The van der Waals surface area contributed by atoms with Gasteiger partial charge >= 0.3 is 0 Å². The van der Waals surface area contributed by atoms with E-state index < -0.39 is 0 Å². The summed E-state index contributed by atoms with van der Waals surface area (Å²) in [5.41, 5.74) is 1.70. The highest BCUT2D eigenvalue weighted by molar-refractivity contribution is 14.1. The molecule has 1 N–H and O–H groups in total. The minimum absolute atomic E-state index is 0.172. The Morgan fingerprint density at radius 1 is 1.33 bits per heavy atom. The Hall–Kier alpha value is -1.70. The van der Waals surface area contributed by atoms with E-state index in [1.54, 1.807) is 17.8 Å². The molecule has 18 heavy (non-hydrogen) atoms. The number of nitrogens with zero attached hydrogens (tertiary/aromatic N) is 3. The lowest BCUT2D eigenvalue weighted by Crippen LogP contribution is -2.13. The molecule has 0 aliphatic carbocycles. The first-order chi connectivity index (χ1) is 8.66. The summed E-state index contributed by atoms with van der Waals surface area (Å²) < 4.78 is 2.82.